The summed E-state index contributed by atoms with van der Waals surface area (Å²) >= 11 is 0. The Hall–Kier alpha value is -6.65. The van der Waals surface area contributed by atoms with Crippen LogP contribution in [-0.4, -0.2) is 15.0 Å². The molecule has 4 aromatic heterocycles. The highest BCUT2D eigenvalue weighted by atomic mass is 16.3. The minimum atomic E-state index is 0.782. The summed E-state index contributed by atoms with van der Waals surface area (Å²) in [6.07, 6.45) is 0. The van der Waals surface area contributed by atoms with E-state index in [4.69, 9.17) is 19.4 Å². The number of hydrogen-bond donors (Lipinski definition) is 0. The van der Waals surface area contributed by atoms with Crippen LogP contribution in [0.5, 0.6) is 0 Å². The Morgan fingerprint density at radius 1 is 0.408 bits per heavy atom. The van der Waals surface area contributed by atoms with E-state index in [9.17, 15) is 0 Å². The third-order valence-electron chi connectivity index (χ3n) is 9.44. The van der Waals surface area contributed by atoms with Gasteiger partial charge in [0.05, 0.1) is 27.9 Å². The third-order valence-corrected chi connectivity index (χ3v) is 9.44. The van der Waals surface area contributed by atoms with Gasteiger partial charge in [-0.15, -0.1) is 0 Å². The molecule has 0 fully saturated rings. The molecule has 0 aliphatic carbocycles. The molecule has 6 aromatic carbocycles. The van der Waals surface area contributed by atoms with Gasteiger partial charge < -0.3 is 4.42 Å². The number of hydrogen-bond acceptors (Lipinski definition) is 4. The van der Waals surface area contributed by atoms with Crippen molar-refractivity contribution in [3.05, 3.63) is 164 Å². The lowest BCUT2D eigenvalue weighted by Gasteiger charge is -2.12. The van der Waals surface area contributed by atoms with Gasteiger partial charge in [-0.3, -0.25) is 0 Å². The molecule has 0 bridgehead atoms. The SMILES string of the molecule is c1ccc(-c2ccc3ccc4ccc(-c5cccc(-c6nc7cccc(-c8ccccc8)c7c7c6oc6ccccc67)c5)nc4c3n2)cc1. The summed E-state index contributed by atoms with van der Waals surface area (Å²) in [6.45, 7) is 0. The molecular weight excluding hydrogens is 599 g/mol. The van der Waals surface area contributed by atoms with Crippen molar-refractivity contribution in [1.82, 2.24) is 15.0 Å². The number of benzene rings is 6. The van der Waals surface area contributed by atoms with E-state index in [1.165, 1.54) is 0 Å². The molecule has 0 amide bonds. The molecule has 228 valence electrons. The van der Waals surface area contributed by atoms with Crippen molar-refractivity contribution < 1.29 is 4.42 Å². The highest BCUT2D eigenvalue weighted by molar-refractivity contribution is 6.24. The molecule has 0 atom stereocenters. The summed E-state index contributed by atoms with van der Waals surface area (Å²) in [6, 6.07) is 56.6. The van der Waals surface area contributed by atoms with Crippen LogP contribution in [0.2, 0.25) is 0 Å². The number of fused-ring (bicyclic) bond motifs is 8. The van der Waals surface area contributed by atoms with Crippen molar-refractivity contribution in [2.24, 2.45) is 0 Å². The van der Waals surface area contributed by atoms with E-state index in [2.05, 4.69) is 127 Å². The number of rotatable bonds is 4. The van der Waals surface area contributed by atoms with E-state index in [0.29, 0.717) is 0 Å². The molecular formula is C45H27N3O. The van der Waals surface area contributed by atoms with Gasteiger partial charge in [0, 0.05) is 43.6 Å². The van der Waals surface area contributed by atoms with Gasteiger partial charge in [-0.05, 0) is 41.5 Å². The zero-order valence-electron chi connectivity index (χ0n) is 26.3. The number of aromatic nitrogens is 3. The second-order valence-electron chi connectivity index (χ2n) is 12.4. The number of pyridine rings is 3. The topological polar surface area (TPSA) is 51.8 Å². The Morgan fingerprint density at radius 2 is 1.00 bits per heavy atom. The summed E-state index contributed by atoms with van der Waals surface area (Å²) in [7, 11) is 0. The van der Waals surface area contributed by atoms with Gasteiger partial charge in [0.2, 0.25) is 0 Å². The highest BCUT2D eigenvalue weighted by Gasteiger charge is 2.20. The normalized spacial score (nSPS) is 11.7. The van der Waals surface area contributed by atoms with E-state index in [0.717, 1.165) is 99.5 Å². The maximum atomic E-state index is 6.65. The van der Waals surface area contributed by atoms with Gasteiger partial charge in [-0.1, -0.05) is 133 Å². The molecule has 0 aliphatic rings. The zero-order valence-corrected chi connectivity index (χ0v) is 26.3. The summed E-state index contributed by atoms with van der Waals surface area (Å²) in [4.78, 5) is 15.6. The van der Waals surface area contributed by atoms with Crippen LogP contribution in [0.4, 0.5) is 0 Å². The first kappa shape index (κ1) is 27.5. The second-order valence-corrected chi connectivity index (χ2v) is 12.4. The van der Waals surface area contributed by atoms with E-state index < -0.39 is 0 Å². The molecule has 4 heterocycles. The van der Waals surface area contributed by atoms with Gasteiger partial charge in [0.1, 0.15) is 11.3 Å². The molecule has 49 heavy (non-hydrogen) atoms. The monoisotopic (exact) mass is 625 g/mol. The minimum absolute atomic E-state index is 0.782. The number of para-hydroxylation sites is 1. The van der Waals surface area contributed by atoms with Gasteiger partial charge in [0.25, 0.3) is 0 Å². The molecule has 10 aromatic rings. The summed E-state index contributed by atoms with van der Waals surface area (Å²) in [5.41, 5.74) is 12.3. The molecule has 0 radical (unpaired) electrons. The molecule has 0 saturated heterocycles. The van der Waals surface area contributed by atoms with Crippen LogP contribution in [0, 0.1) is 0 Å². The molecule has 0 spiro atoms. The van der Waals surface area contributed by atoms with Crippen LogP contribution in [0.3, 0.4) is 0 Å². The van der Waals surface area contributed by atoms with Crippen molar-refractivity contribution in [1.29, 1.82) is 0 Å². The number of nitrogens with zero attached hydrogens (tertiary/aromatic N) is 3. The van der Waals surface area contributed by atoms with Gasteiger partial charge in [-0.25, -0.2) is 15.0 Å². The fraction of sp³-hybridized carbons (Fsp3) is 0. The third kappa shape index (κ3) is 4.49. The first-order valence-corrected chi connectivity index (χ1v) is 16.4. The van der Waals surface area contributed by atoms with Gasteiger partial charge in [0.15, 0.2) is 5.58 Å². The summed E-state index contributed by atoms with van der Waals surface area (Å²) in [5.74, 6) is 0. The Labute approximate surface area is 282 Å². The van der Waals surface area contributed by atoms with Crippen LogP contribution in [0.1, 0.15) is 0 Å². The average molecular weight is 626 g/mol. The minimum Gasteiger partial charge on any atom is -0.454 e. The first-order valence-electron chi connectivity index (χ1n) is 16.4. The molecule has 0 unspecified atom stereocenters. The maximum Gasteiger partial charge on any atom is 0.162 e. The lowest BCUT2D eigenvalue weighted by atomic mass is 9.95. The largest absolute Gasteiger partial charge is 0.454 e. The molecule has 0 aliphatic heterocycles. The van der Waals surface area contributed by atoms with E-state index in [1.54, 1.807) is 0 Å². The van der Waals surface area contributed by atoms with Crippen LogP contribution in [0.15, 0.2) is 168 Å². The first-order chi connectivity index (χ1) is 24.3. The Kier molecular flexibility index (Phi) is 6.15. The Balaban J connectivity index is 1.17. The van der Waals surface area contributed by atoms with Gasteiger partial charge >= 0.3 is 0 Å². The van der Waals surface area contributed by atoms with E-state index in [-0.39, 0.29) is 0 Å². The van der Waals surface area contributed by atoms with Crippen LogP contribution >= 0.6 is 0 Å². The summed E-state index contributed by atoms with van der Waals surface area (Å²) < 4.78 is 6.65. The molecule has 0 N–H and O–H groups in total. The lowest BCUT2D eigenvalue weighted by molar-refractivity contribution is 0.669. The van der Waals surface area contributed by atoms with Crippen molar-refractivity contribution >= 4 is 54.6 Å². The van der Waals surface area contributed by atoms with Crippen molar-refractivity contribution in [2.75, 3.05) is 0 Å². The maximum absolute atomic E-state index is 6.65. The van der Waals surface area contributed by atoms with Crippen molar-refractivity contribution in [3.8, 4) is 44.9 Å². The quantitative estimate of drug-likeness (QED) is 0.183. The smallest absolute Gasteiger partial charge is 0.162 e. The Bertz CT molecular complexity index is 2880. The Morgan fingerprint density at radius 3 is 1.76 bits per heavy atom. The van der Waals surface area contributed by atoms with Gasteiger partial charge in [-0.2, -0.15) is 0 Å². The molecule has 10 rings (SSSR count). The number of furan rings is 1. The fourth-order valence-corrected chi connectivity index (χ4v) is 7.11. The lowest BCUT2D eigenvalue weighted by Crippen LogP contribution is -1.92. The van der Waals surface area contributed by atoms with Crippen LogP contribution in [-0.2, 0) is 0 Å². The van der Waals surface area contributed by atoms with Crippen molar-refractivity contribution in [3.63, 3.8) is 0 Å². The van der Waals surface area contributed by atoms with Crippen LogP contribution in [0.25, 0.3) is 99.5 Å². The molecule has 4 heteroatoms. The summed E-state index contributed by atoms with van der Waals surface area (Å²) in [5, 5.41) is 5.37. The standard InChI is InChI=1S/C45H27N3O/c1-3-11-28(12-4-1)34-18-10-19-38-40(34)41-35-17-7-8-20-39(35)49-45(41)44(48-38)33-16-9-15-32(27-33)37-26-24-31-22-21-30-23-25-36(29-13-5-2-6-14-29)46-42(30)43(31)47-37/h1-27H. The zero-order chi connectivity index (χ0) is 32.3. The van der Waals surface area contributed by atoms with Crippen LogP contribution < -0.4 is 0 Å². The second kappa shape index (κ2) is 11.0. The molecule has 0 saturated carbocycles. The predicted octanol–water partition coefficient (Wildman–Crippen LogP) is 11.9. The van der Waals surface area contributed by atoms with E-state index >= 15 is 0 Å². The van der Waals surface area contributed by atoms with E-state index in [1.807, 2.05) is 36.4 Å². The predicted molar refractivity (Wildman–Crippen MR) is 201 cm³/mol. The van der Waals surface area contributed by atoms with Crippen molar-refractivity contribution in [2.45, 2.75) is 0 Å². The average Bonchev–Trinajstić information content (AvgIpc) is 3.57. The highest BCUT2D eigenvalue weighted by Crippen LogP contribution is 2.43. The molecule has 4 nitrogen and oxygen atoms in total. The fourth-order valence-electron chi connectivity index (χ4n) is 7.11.